The maximum atomic E-state index is 12.1. The number of halogens is 2. The van der Waals surface area contributed by atoms with E-state index in [1.165, 1.54) is 16.9 Å². The predicted molar refractivity (Wildman–Crippen MR) is 51.5 cm³/mol. The normalized spacial score (nSPS) is 12.3. The molecular weight excluding hydrogens is 226 g/mol. The summed E-state index contributed by atoms with van der Waals surface area (Å²) in [6, 6.07) is 1.18. The number of alkyl halides is 2. The molecule has 0 atom stereocenters. The maximum absolute atomic E-state index is 12.1. The van der Waals surface area contributed by atoms with E-state index < -0.39 is 16.3 Å². The zero-order chi connectivity index (χ0) is 11.5. The van der Waals surface area contributed by atoms with Gasteiger partial charge in [0.1, 0.15) is 5.69 Å². The number of hydrogen-bond donors (Lipinski definition) is 0. The average molecular weight is 238 g/mol. The number of nitrogens with zero attached hydrogens (tertiary/aromatic N) is 2. The van der Waals surface area contributed by atoms with Gasteiger partial charge in [0, 0.05) is 11.9 Å². The summed E-state index contributed by atoms with van der Waals surface area (Å²) in [6.45, 7) is 1.66. The van der Waals surface area contributed by atoms with Crippen LogP contribution in [0.5, 0.6) is 0 Å². The van der Waals surface area contributed by atoms with E-state index in [2.05, 4.69) is 5.10 Å². The monoisotopic (exact) mass is 238 g/mol. The van der Waals surface area contributed by atoms with E-state index >= 15 is 0 Å². The van der Waals surface area contributed by atoms with Crippen LogP contribution in [0.25, 0.3) is 0 Å². The van der Waals surface area contributed by atoms with Crippen LogP contribution in [-0.2, 0) is 16.4 Å². The molecule has 0 amide bonds. The van der Waals surface area contributed by atoms with Crippen LogP contribution in [0, 0.1) is 0 Å². The summed E-state index contributed by atoms with van der Waals surface area (Å²) >= 11 is 0. The largest absolute Gasteiger partial charge is 0.282 e. The first-order valence-electron chi connectivity index (χ1n) is 4.46. The second-order valence-electron chi connectivity index (χ2n) is 3.04. The van der Waals surface area contributed by atoms with Gasteiger partial charge in [0.25, 0.3) is 6.43 Å². The van der Waals surface area contributed by atoms with Crippen molar-refractivity contribution in [3.05, 3.63) is 18.0 Å². The van der Waals surface area contributed by atoms with Crippen LogP contribution in [0.15, 0.2) is 12.3 Å². The first-order valence-corrected chi connectivity index (χ1v) is 6.28. The highest BCUT2D eigenvalue weighted by Crippen LogP contribution is 2.15. The van der Waals surface area contributed by atoms with Gasteiger partial charge < -0.3 is 0 Å². The van der Waals surface area contributed by atoms with Crippen molar-refractivity contribution in [3.63, 3.8) is 0 Å². The topological polar surface area (TPSA) is 52.0 Å². The molecule has 0 saturated heterocycles. The highest BCUT2D eigenvalue weighted by molar-refractivity contribution is 7.91. The third-order valence-corrected chi connectivity index (χ3v) is 3.64. The molecule has 0 radical (unpaired) electrons. The Morgan fingerprint density at radius 1 is 1.53 bits per heavy atom. The lowest BCUT2D eigenvalue weighted by Gasteiger charge is -2.01. The number of aromatic nitrogens is 2. The van der Waals surface area contributed by atoms with Gasteiger partial charge in [-0.3, -0.25) is 4.68 Å². The van der Waals surface area contributed by atoms with E-state index in [1.807, 2.05) is 0 Å². The van der Waals surface area contributed by atoms with Crippen molar-refractivity contribution in [1.82, 2.24) is 9.78 Å². The Morgan fingerprint density at radius 2 is 2.20 bits per heavy atom. The molecule has 7 heteroatoms. The number of rotatable bonds is 5. The number of aryl methyl sites for hydroxylation is 1. The standard InChI is InChI=1S/C8H12F2N2O2S/c1-2-15(13,14)6-5-12-4-3-7(11-12)8(9)10/h3-4,8H,2,5-6H2,1H3. The molecule has 1 heterocycles. The molecule has 0 fully saturated rings. The molecule has 0 aromatic carbocycles. The molecule has 0 unspecified atom stereocenters. The van der Waals surface area contributed by atoms with E-state index in [0.717, 1.165) is 0 Å². The fraction of sp³-hybridized carbons (Fsp3) is 0.625. The van der Waals surface area contributed by atoms with E-state index in [-0.39, 0.29) is 23.7 Å². The fourth-order valence-electron chi connectivity index (χ4n) is 0.995. The van der Waals surface area contributed by atoms with Crippen LogP contribution in [0.4, 0.5) is 8.78 Å². The van der Waals surface area contributed by atoms with Gasteiger partial charge >= 0.3 is 0 Å². The van der Waals surface area contributed by atoms with Crippen molar-refractivity contribution >= 4 is 9.84 Å². The first kappa shape index (κ1) is 12.1. The molecule has 0 saturated carbocycles. The highest BCUT2D eigenvalue weighted by Gasteiger charge is 2.12. The summed E-state index contributed by atoms with van der Waals surface area (Å²) in [5.74, 6) is -0.0240. The molecule has 0 aliphatic rings. The summed E-state index contributed by atoms with van der Waals surface area (Å²) in [6.07, 6.45) is -1.26. The summed E-state index contributed by atoms with van der Waals surface area (Å²) in [7, 11) is -3.08. The summed E-state index contributed by atoms with van der Waals surface area (Å²) in [5.41, 5.74) is -0.330. The Bertz CT molecular complexity index is 414. The van der Waals surface area contributed by atoms with Crippen LogP contribution < -0.4 is 0 Å². The van der Waals surface area contributed by atoms with Crippen LogP contribution in [0.2, 0.25) is 0 Å². The lowest BCUT2D eigenvalue weighted by atomic mass is 10.5. The summed E-state index contributed by atoms with van der Waals surface area (Å²) < 4.78 is 47.7. The molecule has 1 aromatic rings. The molecule has 0 aliphatic carbocycles. The quantitative estimate of drug-likeness (QED) is 0.775. The van der Waals surface area contributed by atoms with Crippen molar-refractivity contribution in [3.8, 4) is 0 Å². The van der Waals surface area contributed by atoms with Gasteiger partial charge in [0.15, 0.2) is 9.84 Å². The zero-order valence-corrected chi connectivity index (χ0v) is 9.04. The first-order chi connectivity index (χ1) is 6.94. The van der Waals surface area contributed by atoms with Crippen molar-refractivity contribution in [2.24, 2.45) is 0 Å². The number of sulfone groups is 1. The Labute approximate surface area is 86.8 Å². The molecule has 0 bridgehead atoms. The van der Waals surface area contributed by atoms with Gasteiger partial charge in [-0.25, -0.2) is 17.2 Å². The number of hydrogen-bond acceptors (Lipinski definition) is 3. The lowest BCUT2D eigenvalue weighted by molar-refractivity contribution is 0.145. The van der Waals surface area contributed by atoms with Gasteiger partial charge in [-0.15, -0.1) is 0 Å². The van der Waals surface area contributed by atoms with E-state index in [9.17, 15) is 17.2 Å². The molecule has 1 rings (SSSR count). The molecule has 0 aliphatic heterocycles. The van der Waals surface area contributed by atoms with E-state index in [0.29, 0.717) is 0 Å². The second-order valence-corrected chi connectivity index (χ2v) is 5.51. The Balaban J connectivity index is 2.59. The van der Waals surface area contributed by atoms with Crippen molar-refractivity contribution in [2.75, 3.05) is 11.5 Å². The molecule has 15 heavy (non-hydrogen) atoms. The molecular formula is C8H12F2N2O2S. The molecule has 0 N–H and O–H groups in total. The minimum Gasteiger partial charge on any atom is -0.271 e. The molecule has 1 aromatic heterocycles. The zero-order valence-electron chi connectivity index (χ0n) is 8.23. The molecule has 86 valence electrons. The Kier molecular flexibility index (Phi) is 3.78. The average Bonchev–Trinajstić information content (AvgIpc) is 2.63. The van der Waals surface area contributed by atoms with Crippen LogP contribution in [-0.4, -0.2) is 29.7 Å². The predicted octanol–water partition coefficient (Wildman–Crippen LogP) is 1.26. The van der Waals surface area contributed by atoms with E-state index in [1.54, 1.807) is 6.92 Å². The summed E-state index contributed by atoms with van der Waals surface area (Å²) in [4.78, 5) is 0. The fourth-order valence-corrected chi connectivity index (χ4v) is 1.75. The molecule has 4 nitrogen and oxygen atoms in total. The van der Waals surface area contributed by atoms with Crippen LogP contribution in [0.3, 0.4) is 0 Å². The van der Waals surface area contributed by atoms with Crippen LogP contribution in [0.1, 0.15) is 19.0 Å². The van der Waals surface area contributed by atoms with Gasteiger partial charge in [-0.2, -0.15) is 5.10 Å². The highest BCUT2D eigenvalue weighted by atomic mass is 32.2. The van der Waals surface area contributed by atoms with Crippen molar-refractivity contribution in [1.29, 1.82) is 0 Å². The van der Waals surface area contributed by atoms with E-state index in [4.69, 9.17) is 0 Å². The third-order valence-electron chi connectivity index (χ3n) is 1.96. The molecule has 0 spiro atoms. The third kappa shape index (κ3) is 3.58. The maximum Gasteiger partial charge on any atom is 0.282 e. The van der Waals surface area contributed by atoms with Gasteiger partial charge in [0.2, 0.25) is 0 Å². The smallest absolute Gasteiger partial charge is 0.271 e. The van der Waals surface area contributed by atoms with Gasteiger partial charge in [-0.1, -0.05) is 6.92 Å². The summed E-state index contributed by atoms with van der Waals surface area (Å²) in [5, 5.41) is 3.55. The minimum absolute atomic E-state index is 0.0516. The van der Waals surface area contributed by atoms with Crippen molar-refractivity contribution < 1.29 is 17.2 Å². The van der Waals surface area contributed by atoms with Gasteiger partial charge in [0.05, 0.1) is 12.3 Å². The lowest BCUT2D eigenvalue weighted by Crippen LogP contribution is -2.15. The Hall–Kier alpha value is -0.980. The Morgan fingerprint density at radius 3 is 2.67 bits per heavy atom. The SMILES string of the molecule is CCS(=O)(=O)CCn1ccc(C(F)F)n1. The van der Waals surface area contributed by atoms with Crippen LogP contribution >= 0.6 is 0 Å². The van der Waals surface area contributed by atoms with Gasteiger partial charge in [-0.05, 0) is 6.07 Å². The second kappa shape index (κ2) is 4.69. The van der Waals surface area contributed by atoms with Crippen molar-refractivity contribution in [2.45, 2.75) is 19.9 Å². The minimum atomic E-state index is -3.08.